The highest BCUT2D eigenvalue weighted by molar-refractivity contribution is 5.97. The molecule has 1 aromatic carbocycles. The number of pyridine rings is 1. The van der Waals surface area contributed by atoms with Gasteiger partial charge in [0.2, 0.25) is 11.8 Å². The van der Waals surface area contributed by atoms with Crippen molar-refractivity contribution in [1.82, 2.24) is 15.6 Å². The maximum absolute atomic E-state index is 12.5. The van der Waals surface area contributed by atoms with Gasteiger partial charge in [-0.15, -0.1) is 0 Å². The molecule has 138 valence electrons. The highest BCUT2D eigenvalue weighted by atomic mass is 16.5. The fourth-order valence-electron chi connectivity index (χ4n) is 2.48. The quantitative estimate of drug-likeness (QED) is 0.799. The van der Waals surface area contributed by atoms with Gasteiger partial charge in [-0.2, -0.15) is 0 Å². The van der Waals surface area contributed by atoms with E-state index in [1.807, 2.05) is 39.0 Å². The lowest BCUT2D eigenvalue weighted by atomic mass is 10.0. The molecule has 2 rings (SSSR count). The average Bonchev–Trinajstić information content (AvgIpc) is 2.64. The third kappa shape index (κ3) is 5.31. The van der Waals surface area contributed by atoms with E-state index in [2.05, 4.69) is 15.6 Å². The molecule has 0 aliphatic rings. The van der Waals surface area contributed by atoms with Gasteiger partial charge >= 0.3 is 0 Å². The van der Waals surface area contributed by atoms with Crippen LogP contribution in [-0.4, -0.2) is 29.9 Å². The van der Waals surface area contributed by atoms with Crippen LogP contribution in [0.5, 0.6) is 5.88 Å². The Balaban J connectivity index is 1.99. The Morgan fingerprint density at radius 3 is 2.54 bits per heavy atom. The number of carbonyl (C=O) groups is 2. The van der Waals surface area contributed by atoms with Crippen LogP contribution in [0.4, 0.5) is 0 Å². The summed E-state index contributed by atoms with van der Waals surface area (Å²) >= 11 is 0. The SMILES string of the molecule is COc1ccc(CNC(=O)C(NC(=O)c2cccc(C)c2)C(C)C)cn1. The fraction of sp³-hybridized carbons (Fsp3) is 0.350. The number of hydrogen-bond donors (Lipinski definition) is 2. The van der Waals surface area contributed by atoms with Gasteiger partial charge in [0.15, 0.2) is 0 Å². The lowest BCUT2D eigenvalue weighted by Gasteiger charge is -2.22. The summed E-state index contributed by atoms with van der Waals surface area (Å²) in [5.74, 6) is -0.00575. The molecule has 26 heavy (non-hydrogen) atoms. The molecule has 6 heteroatoms. The van der Waals surface area contributed by atoms with Crippen LogP contribution in [0.2, 0.25) is 0 Å². The number of ether oxygens (including phenoxy) is 1. The molecule has 0 saturated heterocycles. The minimum absolute atomic E-state index is 0.0437. The number of aryl methyl sites for hydroxylation is 1. The van der Waals surface area contributed by atoms with Crippen LogP contribution in [0.15, 0.2) is 42.6 Å². The molecule has 0 aliphatic carbocycles. The molecule has 1 aromatic heterocycles. The van der Waals surface area contributed by atoms with Crippen LogP contribution in [0.1, 0.15) is 35.3 Å². The minimum atomic E-state index is -0.616. The normalized spacial score (nSPS) is 11.7. The molecule has 0 bridgehead atoms. The van der Waals surface area contributed by atoms with Gasteiger partial charge in [0.25, 0.3) is 5.91 Å². The molecule has 0 radical (unpaired) electrons. The van der Waals surface area contributed by atoms with Gasteiger partial charge in [0.05, 0.1) is 7.11 Å². The molecule has 0 saturated carbocycles. The van der Waals surface area contributed by atoms with Crippen LogP contribution >= 0.6 is 0 Å². The lowest BCUT2D eigenvalue weighted by Crippen LogP contribution is -2.49. The van der Waals surface area contributed by atoms with Crippen molar-refractivity contribution < 1.29 is 14.3 Å². The zero-order valence-electron chi connectivity index (χ0n) is 15.6. The van der Waals surface area contributed by atoms with Gasteiger partial charge in [0.1, 0.15) is 6.04 Å². The summed E-state index contributed by atoms with van der Waals surface area (Å²) in [6.45, 7) is 6.05. The zero-order chi connectivity index (χ0) is 19.1. The Kier molecular flexibility index (Phi) is 6.72. The molecule has 1 unspecified atom stereocenters. The fourth-order valence-corrected chi connectivity index (χ4v) is 2.48. The van der Waals surface area contributed by atoms with Crippen molar-refractivity contribution in [3.63, 3.8) is 0 Å². The Bertz CT molecular complexity index is 757. The summed E-state index contributed by atoms with van der Waals surface area (Å²) in [7, 11) is 1.55. The number of hydrogen-bond acceptors (Lipinski definition) is 4. The molecular weight excluding hydrogens is 330 g/mol. The Hall–Kier alpha value is -2.89. The third-order valence-electron chi connectivity index (χ3n) is 3.99. The van der Waals surface area contributed by atoms with Gasteiger partial charge in [-0.1, -0.05) is 37.6 Å². The first-order valence-corrected chi connectivity index (χ1v) is 8.55. The van der Waals surface area contributed by atoms with E-state index in [-0.39, 0.29) is 17.7 Å². The smallest absolute Gasteiger partial charge is 0.251 e. The van der Waals surface area contributed by atoms with Crippen molar-refractivity contribution in [3.05, 3.63) is 59.3 Å². The number of nitrogens with zero attached hydrogens (tertiary/aromatic N) is 1. The van der Waals surface area contributed by atoms with Crippen molar-refractivity contribution >= 4 is 11.8 Å². The molecule has 2 aromatic rings. The first kappa shape index (κ1) is 19.4. The molecule has 2 N–H and O–H groups in total. The monoisotopic (exact) mass is 355 g/mol. The number of methoxy groups -OCH3 is 1. The highest BCUT2D eigenvalue weighted by Crippen LogP contribution is 2.09. The molecule has 1 atom stereocenters. The molecule has 0 fully saturated rings. The van der Waals surface area contributed by atoms with Crippen molar-refractivity contribution in [1.29, 1.82) is 0 Å². The van der Waals surface area contributed by atoms with Gasteiger partial charge in [-0.05, 0) is 30.5 Å². The van der Waals surface area contributed by atoms with Crippen LogP contribution in [0.25, 0.3) is 0 Å². The second-order valence-corrected chi connectivity index (χ2v) is 6.49. The highest BCUT2D eigenvalue weighted by Gasteiger charge is 2.24. The molecule has 6 nitrogen and oxygen atoms in total. The third-order valence-corrected chi connectivity index (χ3v) is 3.99. The molecule has 0 spiro atoms. The van der Waals surface area contributed by atoms with E-state index < -0.39 is 6.04 Å². The molecule has 0 aliphatic heterocycles. The summed E-state index contributed by atoms with van der Waals surface area (Å²) in [6, 6.07) is 10.2. The Morgan fingerprint density at radius 2 is 1.96 bits per heavy atom. The predicted molar refractivity (Wildman–Crippen MR) is 99.9 cm³/mol. The number of rotatable bonds is 7. The summed E-state index contributed by atoms with van der Waals surface area (Å²) in [4.78, 5) is 29.1. The van der Waals surface area contributed by atoms with Gasteiger partial charge in [-0.3, -0.25) is 9.59 Å². The van der Waals surface area contributed by atoms with Crippen molar-refractivity contribution in [2.45, 2.75) is 33.4 Å². The van der Waals surface area contributed by atoms with Crippen molar-refractivity contribution in [2.24, 2.45) is 5.92 Å². The van der Waals surface area contributed by atoms with Crippen LogP contribution < -0.4 is 15.4 Å². The first-order chi connectivity index (χ1) is 12.4. The van der Waals surface area contributed by atoms with E-state index in [1.54, 1.807) is 31.5 Å². The Morgan fingerprint density at radius 1 is 1.19 bits per heavy atom. The van der Waals surface area contributed by atoms with E-state index in [1.165, 1.54) is 0 Å². The second-order valence-electron chi connectivity index (χ2n) is 6.49. The predicted octanol–water partition coefficient (Wildman–Crippen LogP) is 2.47. The van der Waals surface area contributed by atoms with E-state index in [4.69, 9.17) is 4.74 Å². The second kappa shape index (κ2) is 8.99. The molecule has 2 amide bonds. The van der Waals surface area contributed by atoms with E-state index >= 15 is 0 Å². The number of amides is 2. The topological polar surface area (TPSA) is 80.3 Å². The maximum atomic E-state index is 12.5. The lowest BCUT2D eigenvalue weighted by molar-refractivity contribution is -0.124. The summed E-state index contributed by atoms with van der Waals surface area (Å²) in [5.41, 5.74) is 2.39. The standard InChI is InChI=1S/C20H25N3O3/c1-13(2)18(23-19(24)16-7-5-6-14(3)10-16)20(25)22-12-15-8-9-17(26-4)21-11-15/h5-11,13,18H,12H2,1-4H3,(H,22,25)(H,23,24). The maximum Gasteiger partial charge on any atom is 0.251 e. The summed E-state index contributed by atoms with van der Waals surface area (Å²) < 4.78 is 5.01. The van der Waals surface area contributed by atoms with Crippen LogP contribution in [0, 0.1) is 12.8 Å². The minimum Gasteiger partial charge on any atom is -0.481 e. The van der Waals surface area contributed by atoms with Gasteiger partial charge in [0, 0.05) is 24.4 Å². The first-order valence-electron chi connectivity index (χ1n) is 8.55. The van der Waals surface area contributed by atoms with Gasteiger partial charge < -0.3 is 15.4 Å². The van der Waals surface area contributed by atoms with E-state index in [0.717, 1.165) is 11.1 Å². The molecular formula is C20H25N3O3. The largest absolute Gasteiger partial charge is 0.481 e. The summed E-state index contributed by atoms with van der Waals surface area (Å²) in [5, 5.41) is 5.68. The number of carbonyl (C=O) groups excluding carboxylic acids is 2. The average molecular weight is 355 g/mol. The number of aromatic nitrogens is 1. The van der Waals surface area contributed by atoms with Crippen LogP contribution in [0.3, 0.4) is 0 Å². The number of nitrogens with one attached hydrogen (secondary N) is 2. The Labute approximate surface area is 154 Å². The van der Waals surface area contributed by atoms with Crippen molar-refractivity contribution in [2.75, 3.05) is 7.11 Å². The van der Waals surface area contributed by atoms with E-state index in [9.17, 15) is 9.59 Å². The van der Waals surface area contributed by atoms with Crippen LogP contribution in [-0.2, 0) is 11.3 Å². The van der Waals surface area contributed by atoms with Crippen molar-refractivity contribution in [3.8, 4) is 5.88 Å². The number of benzene rings is 1. The molecule has 1 heterocycles. The zero-order valence-corrected chi connectivity index (χ0v) is 15.6. The van der Waals surface area contributed by atoms with Gasteiger partial charge in [-0.25, -0.2) is 4.98 Å². The summed E-state index contributed by atoms with van der Waals surface area (Å²) in [6.07, 6.45) is 1.65. The van der Waals surface area contributed by atoms with E-state index in [0.29, 0.717) is 18.0 Å².